The van der Waals surface area contributed by atoms with Crippen molar-refractivity contribution in [2.45, 2.75) is 0 Å². The Kier molecular flexibility index (Phi) is 3.02. The molecule has 0 bridgehead atoms. The maximum atomic E-state index is 13.5. The predicted molar refractivity (Wildman–Crippen MR) is 72.9 cm³/mol. The van der Waals surface area contributed by atoms with Crippen molar-refractivity contribution >= 4 is 0 Å². The van der Waals surface area contributed by atoms with E-state index in [4.69, 9.17) is 0 Å². The summed E-state index contributed by atoms with van der Waals surface area (Å²) in [5, 5.41) is 0. The minimum Gasteiger partial charge on any atom is -0.264 e. The van der Waals surface area contributed by atoms with Crippen LogP contribution in [0.3, 0.4) is 0 Å². The third-order valence-corrected chi connectivity index (χ3v) is 2.93. The van der Waals surface area contributed by atoms with Crippen LogP contribution in [-0.4, -0.2) is 9.97 Å². The van der Waals surface area contributed by atoms with Gasteiger partial charge >= 0.3 is 0 Å². The first-order valence-electron chi connectivity index (χ1n) is 5.95. The molecule has 0 spiro atoms. The molecule has 3 heteroatoms. The van der Waals surface area contributed by atoms with E-state index < -0.39 is 0 Å². The number of aromatic nitrogens is 2. The van der Waals surface area contributed by atoms with E-state index >= 15 is 0 Å². The Bertz CT molecular complexity index is 682. The third-order valence-electron chi connectivity index (χ3n) is 2.93. The Hall–Kier alpha value is -2.55. The van der Waals surface area contributed by atoms with Crippen LogP contribution in [0.5, 0.6) is 0 Å². The average Bonchev–Trinajstić information content (AvgIpc) is 2.49. The van der Waals surface area contributed by atoms with Crippen molar-refractivity contribution in [2.75, 3.05) is 0 Å². The fourth-order valence-corrected chi connectivity index (χ4v) is 2.05. The number of benzene rings is 1. The Morgan fingerprint density at radius 1 is 0.737 bits per heavy atom. The molecule has 1 aromatic carbocycles. The van der Waals surface area contributed by atoms with E-state index in [0.717, 1.165) is 22.3 Å². The summed E-state index contributed by atoms with van der Waals surface area (Å²) in [6.07, 6.45) is 6.92. The molecule has 0 fully saturated rings. The lowest BCUT2D eigenvalue weighted by Gasteiger charge is -2.09. The molecule has 0 radical (unpaired) electrons. The summed E-state index contributed by atoms with van der Waals surface area (Å²) in [5.41, 5.74) is 3.62. The van der Waals surface area contributed by atoms with Gasteiger partial charge in [0.2, 0.25) is 0 Å². The van der Waals surface area contributed by atoms with E-state index in [9.17, 15) is 4.39 Å². The first kappa shape index (κ1) is 11.5. The Morgan fingerprint density at radius 2 is 1.37 bits per heavy atom. The highest BCUT2D eigenvalue weighted by Crippen LogP contribution is 2.31. The number of hydrogen-bond acceptors (Lipinski definition) is 2. The van der Waals surface area contributed by atoms with Crippen molar-refractivity contribution < 1.29 is 4.39 Å². The second-order valence-electron chi connectivity index (χ2n) is 4.17. The van der Waals surface area contributed by atoms with Gasteiger partial charge in [-0.3, -0.25) is 9.97 Å². The standard InChI is InChI=1S/C16H11FN2/c17-14-5-6-15(12-3-1-7-18-10-12)16(9-14)13-4-2-8-19-11-13/h1-11H. The molecule has 0 N–H and O–H groups in total. The maximum absolute atomic E-state index is 13.5. The van der Waals surface area contributed by atoms with Gasteiger partial charge in [0.1, 0.15) is 5.82 Å². The van der Waals surface area contributed by atoms with Crippen LogP contribution in [0.1, 0.15) is 0 Å². The summed E-state index contributed by atoms with van der Waals surface area (Å²) < 4.78 is 13.5. The van der Waals surface area contributed by atoms with Crippen LogP contribution in [0, 0.1) is 5.82 Å². The zero-order chi connectivity index (χ0) is 13.1. The van der Waals surface area contributed by atoms with Gasteiger partial charge in [-0.05, 0) is 35.4 Å². The van der Waals surface area contributed by atoms with Gasteiger partial charge in [-0.2, -0.15) is 0 Å². The van der Waals surface area contributed by atoms with Crippen LogP contribution in [0.2, 0.25) is 0 Å². The summed E-state index contributed by atoms with van der Waals surface area (Å²) >= 11 is 0. The second kappa shape index (κ2) is 4.98. The Balaban J connectivity index is 2.21. The first-order valence-corrected chi connectivity index (χ1v) is 5.95. The average molecular weight is 250 g/mol. The van der Waals surface area contributed by atoms with E-state index in [2.05, 4.69) is 9.97 Å². The lowest BCUT2D eigenvalue weighted by Crippen LogP contribution is -1.88. The van der Waals surface area contributed by atoms with E-state index in [1.54, 1.807) is 30.9 Å². The van der Waals surface area contributed by atoms with E-state index in [1.807, 2.05) is 24.3 Å². The normalized spacial score (nSPS) is 10.4. The molecule has 0 aliphatic rings. The molecule has 19 heavy (non-hydrogen) atoms. The van der Waals surface area contributed by atoms with Gasteiger partial charge in [-0.25, -0.2) is 4.39 Å². The third kappa shape index (κ3) is 2.36. The van der Waals surface area contributed by atoms with Gasteiger partial charge in [0.25, 0.3) is 0 Å². The summed E-state index contributed by atoms with van der Waals surface area (Å²) in [6, 6.07) is 12.3. The Labute approximate surface area is 110 Å². The molecule has 0 unspecified atom stereocenters. The molecule has 2 aromatic heterocycles. The van der Waals surface area contributed by atoms with Gasteiger partial charge in [0.15, 0.2) is 0 Å². The van der Waals surface area contributed by atoms with Gasteiger partial charge in [0, 0.05) is 35.9 Å². The first-order chi connectivity index (χ1) is 9.34. The molecule has 0 atom stereocenters. The van der Waals surface area contributed by atoms with Gasteiger partial charge in [-0.15, -0.1) is 0 Å². The largest absolute Gasteiger partial charge is 0.264 e. The molecule has 2 nitrogen and oxygen atoms in total. The number of rotatable bonds is 2. The van der Waals surface area contributed by atoms with Gasteiger partial charge < -0.3 is 0 Å². The van der Waals surface area contributed by atoms with Crippen molar-refractivity contribution in [3.8, 4) is 22.3 Å². The highest BCUT2D eigenvalue weighted by Gasteiger charge is 2.08. The van der Waals surface area contributed by atoms with Crippen LogP contribution in [0.15, 0.2) is 67.3 Å². The zero-order valence-corrected chi connectivity index (χ0v) is 10.1. The van der Waals surface area contributed by atoms with Crippen LogP contribution in [-0.2, 0) is 0 Å². The molecule has 3 rings (SSSR count). The molecule has 0 saturated carbocycles. The lowest BCUT2D eigenvalue weighted by molar-refractivity contribution is 0.628. The Morgan fingerprint density at radius 3 is 1.95 bits per heavy atom. The van der Waals surface area contributed by atoms with Crippen molar-refractivity contribution in [3.05, 3.63) is 73.1 Å². The van der Waals surface area contributed by atoms with Crippen LogP contribution < -0.4 is 0 Å². The van der Waals surface area contributed by atoms with Crippen LogP contribution in [0.4, 0.5) is 4.39 Å². The van der Waals surface area contributed by atoms with Crippen molar-refractivity contribution in [3.63, 3.8) is 0 Å². The molecule has 2 heterocycles. The summed E-state index contributed by atoms with van der Waals surface area (Å²) in [7, 11) is 0. The minimum absolute atomic E-state index is 0.258. The monoisotopic (exact) mass is 250 g/mol. The molecule has 0 aliphatic carbocycles. The maximum Gasteiger partial charge on any atom is 0.123 e. The topological polar surface area (TPSA) is 25.8 Å². The fourth-order valence-electron chi connectivity index (χ4n) is 2.05. The van der Waals surface area contributed by atoms with Gasteiger partial charge in [-0.1, -0.05) is 18.2 Å². The fraction of sp³-hybridized carbons (Fsp3) is 0. The van der Waals surface area contributed by atoms with E-state index in [0.29, 0.717) is 0 Å². The van der Waals surface area contributed by atoms with Crippen molar-refractivity contribution in [2.24, 2.45) is 0 Å². The number of pyridine rings is 2. The highest BCUT2D eigenvalue weighted by atomic mass is 19.1. The molecule has 92 valence electrons. The quantitative estimate of drug-likeness (QED) is 0.688. The van der Waals surface area contributed by atoms with E-state index in [-0.39, 0.29) is 5.82 Å². The van der Waals surface area contributed by atoms with Crippen LogP contribution in [0.25, 0.3) is 22.3 Å². The summed E-state index contributed by atoms with van der Waals surface area (Å²) in [4.78, 5) is 8.20. The van der Waals surface area contributed by atoms with Gasteiger partial charge in [0.05, 0.1) is 0 Å². The molecule has 0 amide bonds. The van der Waals surface area contributed by atoms with E-state index in [1.165, 1.54) is 12.1 Å². The number of halogens is 1. The molecule has 3 aromatic rings. The number of nitrogens with zero attached hydrogens (tertiary/aromatic N) is 2. The SMILES string of the molecule is Fc1ccc(-c2cccnc2)c(-c2cccnc2)c1. The molecular formula is C16H11FN2. The molecular weight excluding hydrogens is 239 g/mol. The molecule has 0 saturated heterocycles. The minimum atomic E-state index is -0.258. The van der Waals surface area contributed by atoms with Crippen molar-refractivity contribution in [1.29, 1.82) is 0 Å². The highest BCUT2D eigenvalue weighted by molar-refractivity contribution is 5.82. The number of hydrogen-bond donors (Lipinski definition) is 0. The summed E-state index contributed by atoms with van der Waals surface area (Å²) in [6.45, 7) is 0. The second-order valence-corrected chi connectivity index (χ2v) is 4.17. The molecule has 0 aliphatic heterocycles. The zero-order valence-electron chi connectivity index (χ0n) is 10.1. The summed E-state index contributed by atoms with van der Waals surface area (Å²) in [5.74, 6) is -0.258. The van der Waals surface area contributed by atoms with Crippen LogP contribution >= 0.6 is 0 Å². The predicted octanol–water partition coefficient (Wildman–Crippen LogP) is 3.95. The van der Waals surface area contributed by atoms with Crippen molar-refractivity contribution in [1.82, 2.24) is 9.97 Å². The lowest BCUT2D eigenvalue weighted by atomic mass is 9.96. The smallest absolute Gasteiger partial charge is 0.123 e.